The van der Waals surface area contributed by atoms with Crippen LogP contribution in [-0.4, -0.2) is 30.1 Å². The molecule has 0 saturated heterocycles. The number of likely N-dealkylation sites (N-methyl/N-ethyl adjacent to an activating group) is 1. The van der Waals surface area contributed by atoms with E-state index in [1.807, 2.05) is 42.5 Å². The Hall–Kier alpha value is -2.60. The molecule has 0 atom stereocenters. The van der Waals surface area contributed by atoms with Crippen molar-refractivity contribution in [3.63, 3.8) is 0 Å². The van der Waals surface area contributed by atoms with Crippen molar-refractivity contribution in [2.75, 3.05) is 24.5 Å². The second-order valence-corrected chi connectivity index (χ2v) is 6.68. The molecule has 0 radical (unpaired) electrons. The molecule has 130 valence electrons. The number of carbonyl (C=O) groups excluding carboxylic acids is 1. The number of hydrogen-bond acceptors (Lipinski definition) is 4. The predicted molar refractivity (Wildman–Crippen MR) is 103 cm³/mol. The normalized spacial score (nSPS) is 10.8. The lowest BCUT2D eigenvalue weighted by atomic mass is 10.3. The van der Waals surface area contributed by atoms with E-state index in [4.69, 9.17) is 0 Å². The lowest BCUT2D eigenvalue weighted by Crippen LogP contribution is -2.37. The molecule has 2 aromatic carbocycles. The molecule has 0 unspecified atom stereocenters. The van der Waals surface area contributed by atoms with Crippen LogP contribution in [0.2, 0.25) is 0 Å². The number of rotatable bonds is 7. The van der Waals surface area contributed by atoms with Crippen molar-refractivity contribution in [3.05, 3.63) is 64.3 Å². The summed E-state index contributed by atoms with van der Waals surface area (Å²) in [4.78, 5) is 26.4. The Morgan fingerprint density at radius 1 is 1.12 bits per heavy atom. The maximum absolute atomic E-state index is 12.2. The van der Waals surface area contributed by atoms with Crippen LogP contribution >= 0.6 is 11.3 Å². The Balaban J connectivity index is 1.58. The third-order valence-electron chi connectivity index (χ3n) is 4.08. The van der Waals surface area contributed by atoms with E-state index in [-0.39, 0.29) is 17.3 Å². The van der Waals surface area contributed by atoms with E-state index in [1.54, 1.807) is 0 Å². The Morgan fingerprint density at radius 2 is 1.84 bits per heavy atom. The van der Waals surface area contributed by atoms with Crippen LogP contribution in [0.15, 0.2) is 59.4 Å². The van der Waals surface area contributed by atoms with Crippen LogP contribution in [0.5, 0.6) is 0 Å². The van der Waals surface area contributed by atoms with Crippen molar-refractivity contribution in [2.45, 2.75) is 13.5 Å². The van der Waals surface area contributed by atoms with Crippen molar-refractivity contribution in [1.29, 1.82) is 0 Å². The average Bonchev–Trinajstić information content (AvgIpc) is 2.95. The highest BCUT2D eigenvalue weighted by atomic mass is 32.1. The fourth-order valence-electron chi connectivity index (χ4n) is 2.80. The van der Waals surface area contributed by atoms with Gasteiger partial charge in [0.15, 0.2) is 0 Å². The number of nitrogens with zero attached hydrogens (tertiary/aromatic N) is 2. The van der Waals surface area contributed by atoms with Gasteiger partial charge in [-0.05, 0) is 31.2 Å². The number of benzene rings is 2. The molecular formula is C19H21N3O2S. The first-order valence-electron chi connectivity index (χ1n) is 8.34. The van der Waals surface area contributed by atoms with Crippen LogP contribution in [-0.2, 0) is 11.3 Å². The van der Waals surface area contributed by atoms with Gasteiger partial charge in [0.1, 0.15) is 6.54 Å². The highest BCUT2D eigenvalue weighted by Gasteiger charge is 2.11. The molecule has 0 aliphatic heterocycles. The number of anilines is 1. The standard InChI is InChI=1S/C19H21N3O2S/c1-2-21(15-8-4-3-5-9-15)13-12-20-18(23)14-22-16-10-6-7-11-17(16)25-19(22)24/h3-11H,2,12-14H2,1H3,(H,20,23). The molecule has 0 spiro atoms. The summed E-state index contributed by atoms with van der Waals surface area (Å²) in [7, 11) is 0. The van der Waals surface area contributed by atoms with E-state index in [1.165, 1.54) is 15.9 Å². The minimum absolute atomic E-state index is 0.0559. The second kappa shape index (κ2) is 7.98. The van der Waals surface area contributed by atoms with Crippen molar-refractivity contribution in [2.24, 2.45) is 0 Å². The van der Waals surface area contributed by atoms with Gasteiger partial charge in [-0.15, -0.1) is 0 Å². The Bertz CT molecular complexity index is 902. The SMILES string of the molecule is CCN(CCNC(=O)Cn1c(=O)sc2ccccc21)c1ccccc1. The fraction of sp³-hybridized carbons (Fsp3) is 0.263. The summed E-state index contributed by atoms with van der Waals surface area (Å²) < 4.78 is 2.44. The zero-order valence-electron chi connectivity index (χ0n) is 14.1. The molecule has 1 amide bonds. The molecule has 0 fully saturated rings. The van der Waals surface area contributed by atoms with Crippen molar-refractivity contribution >= 4 is 33.1 Å². The number of nitrogens with one attached hydrogen (secondary N) is 1. The van der Waals surface area contributed by atoms with Crippen molar-refractivity contribution in [3.8, 4) is 0 Å². The van der Waals surface area contributed by atoms with Gasteiger partial charge in [0.05, 0.1) is 10.2 Å². The third-order valence-corrected chi connectivity index (χ3v) is 5.04. The number of amides is 1. The van der Waals surface area contributed by atoms with E-state index >= 15 is 0 Å². The zero-order valence-corrected chi connectivity index (χ0v) is 15.0. The monoisotopic (exact) mass is 355 g/mol. The van der Waals surface area contributed by atoms with Gasteiger partial charge in [-0.3, -0.25) is 14.2 Å². The molecule has 1 N–H and O–H groups in total. The van der Waals surface area contributed by atoms with Crippen LogP contribution in [0, 0.1) is 0 Å². The summed E-state index contributed by atoms with van der Waals surface area (Å²) >= 11 is 1.17. The maximum atomic E-state index is 12.2. The summed E-state index contributed by atoms with van der Waals surface area (Å²) in [6.07, 6.45) is 0. The Morgan fingerprint density at radius 3 is 2.60 bits per heavy atom. The molecule has 3 rings (SSSR count). The van der Waals surface area contributed by atoms with Gasteiger partial charge < -0.3 is 10.2 Å². The first-order valence-corrected chi connectivity index (χ1v) is 9.15. The van der Waals surface area contributed by atoms with E-state index in [2.05, 4.69) is 29.3 Å². The molecule has 6 heteroatoms. The highest BCUT2D eigenvalue weighted by Crippen LogP contribution is 2.16. The second-order valence-electron chi connectivity index (χ2n) is 5.69. The summed E-state index contributed by atoms with van der Waals surface area (Å²) in [6.45, 7) is 4.28. The fourth-order valence-corrected chi connectivity index (χ4v) is 3.69. The molecule has 0 aliphatic rings. The summed E-state index contributed by atoms with van der Waals surface area (Å²) in [6, 6.07) is 17.7. The van der Waals surface area contributed by atoms with Crippen molar-refractivity contribution < 1.29 is 4.79 Å². The van der Waals surface area contributed by atoms with Crippen LogP contribution < -0.4 is 15.1 Å². The van der Waals surface area contributed by atoms with Gasteiger partial charge in [0.25, 0.3) is 0 Å². The highest BCUT2D eigenvalue weighted by molar-refractivity contribution is 7.16. The van der Waals surface area contributed by atoms with E-state index in [9.17, 15) is 9.59 Å². The minimum atomic E-state index is -0.144. The minimum Gasteiger partial charge on any atom is -0.370 e. The van der Waals surface area contributed by atoms with Gasteiger partial charge in [0.2, 0.25) is 5.91 Å². The molecule has 1 aromatic heterocycles. The van der Waals surface area contributed by atoms with Crippen LogP contribution in [0.25, 0.3) is 10.2 Å². The molecule has 0 saturated carbocycles. The molecular weight excluding hydrogens is 334 g/mol. The summed E-state index contributed by atoms with van der Waals surface area (Å²) in [5, 5.41) is 2.91. The van der Waals surface area contributed by atoms with Gasteiger partial charge >= 0.3 is 4.87 Å². The quantitative estimate of drug-likeness (QED) is 0.709. The maximum Gasteiger partial charge on any atom is 0.308 e. The van der Waals surface area contributed by atoms with Crippen LogP contribution in [0.1, 0.15) is 6.92 Å². The largest absolute Gasteiger partial charge is 0.370 e. The lowest BCUT2D eigenvalue weighted by molar-refractivity contribution is -0.121. The number of hydrogen-bond donors (Lipinski definition) is 1. The molecule has 0 aliphatic carbocycles. The average molecular weight is 355 g/mol. The van der Waals surface area contributed by atoms with Gasteiger partial charge in [0, 0.05) is 25.3 Å². The first-order chi connectivity index (χ1) is 12.2. The van der Waals surface area contributed by atoms with Gasteiger partial charge in [-0.1, -0.05) is 41.7 Å². The number of carbonyl (C=O) groups is 1. The Labute approximate surface area is 150 Å². The molecule has 25 heavy (non-hydrogen) atoms. The molecule has 5 nitrogen and oxygen atoms in total. The van der Waals surface area contributed by atoms with Gasteiger partial charge in [-0.2, -0.15) is 0 Å². The number of thiazole rings is 1. The molecule has 1 heterocycles. The van der Waals surface area contributed by atoms with E-state index in [0.29, 0.717) is 6.54 Å². The third kappa shape index (κ3) is 4.09. The smallest absolute Gasteiger partial charge is 0.308 e. The molecule has 0 bridgehead atoms. The number of fused-ring (bicyclic) bond motifs is 1. The van der Waals surface area contributed by atoms with E-state index in [0.717, 1.165) is 29.0 Å². The van der Waals surface area contributed by atoms with E-state index < -0.39 is 0 Å². The predicted octanol–water partition coefficient (Wildman–Crippen LogP) is 2.71. The summed E-state index contributed by atoms with van der Waals surface area (Å²) in [5.74, 6) is -0.144. The lowest BCUT2D eigenvalue weighted by Gasteiger charge is -2.23. The summed E-state index contributed by atoms with van der Waals surface area (Å²) in [5.41, 5.74) is 1.95. The number of aromatic nitrogens is 1. The first kappa shape index (κ1) is 17.2. The molecule has 3 aromatic rings. The van der Waals surface area contributed by atoms with Gasteiger partial charge in [-0.25, -0.2) is 0 Å². The Kier molecular flexibility index (Phi) is 5.50. The zero-order chi connectivity index (χ0) is 17.6. The van der Waals surface area contributed by atoms with Crippen LogP contribution in [0.3, 0.4) is 0 Å². The van der Waals surface area contributed by atoms with Crippen molar-refractivity contribution in [1.82, 2.24) is 9.88 Å². The number of para-hydroxylation sites is 2. The topological polar surface area (TPSA) is 54.3 Å². The van der Waals surface area contributed by atoms with Crippen LogP contribution in [0.4, 0.5) is 5.69 Å².